The highest BCUT2D eigenvalue weighted by molar-refractivity contribution is 5.84. The summed E-state index contributed by atoms with van der Waals surface area (Å²) in [7, 11) is 0. The van der Waals surface area contributed by atoms with Crippen LogP contribution in [-0.2, 0) is 4.79 Å². The molecule has 120 valence electrons. The van der Waals surface area contributed by atoms with E-state index >= 15 is 0 Å². The van der Waals surface area contributed by atoms with Crippen molar-refractivity contribution in [3.05, 3.63) is 78.0 Å². The summed E-state index contributed by atoms with van der Waals surface area (Å²) in [4.78, 5) is 11.9. The average Bonchev–Trinajstić information content (AvgIpc) is 3.11. The highest BCUT2D eigenvalue weighted by Crippen LogP contribution is 2.16. The molecule has 1 heterocycles. The molecule has 6 heteroatoms. The Morgan fingerprint density at radius 1 is 1.12 bits per heavy atom. The first kappa shape index (κ1) is 15.6. The molecule has 1 atom stereocenters. The average molecular weight is 320 g/mol. The number of hydrogen-bond donors (Lipinski definition) is 3. The van der Waals surface area contributed by atoms with Crippen LogP contribution in [0.3, 0.4) is 0 Å². The Hall–Kier alpha value is -3.25. The lowest BCUT2D eigenvalue weighted by Gasteiger charge is -2.08. The standard InChI is InChI=1S/C18H16N4O2/c23-17(14-9-5-2-6-10-14)18(24)22-19-12-15-11-16(21-20-15)13-7-3-1-4-8-13/h1-12,17,23H,(H,20,21)(H,22,24). The second kappa shape index (κ2) is 7.34. The fourth-order valence-corrected chi connectivity index (χ4v) is 2.17. The molecule has 0 aliphatic carbocycles. The molecule has 24 heavy (non-hydrogen) atoms. The molecule has 0 aliphatic heterocycles. The Labute approximate surface area is 138 Å². The SMILES string of the molecule is O=C(NN=Cc1cc(-c2ccccc2)n[nH]1)C(O)c1ccccc1. The minimum Gasteiger partial charge on any atom is -0.378 e. The summed E-state index contributed by atoms with van der Waals surface area (Å²) in [6, 6.07) is 20.2. The van der Waals surface area contributed by atoms with Gasteiger partial charge in [0.2, 0.25) is 0 Å². The summed E-state index contributed by atoms with van der Waals surface area (Å²) < 4.78 is 0. The third-order valence-corrected chi connectivity index (χ3v) is 3.41. The smallest absolute Gasteiger partial charge is 0.273 e. The number of aliphatic hydroxyl groups is 1. The van der Waals surface area contributed by atoms with Crippen molar-refractivity contribution in [2.75, 3.05) is 0 Å². The molecule has 0 aliphatic rings. The van der Waals surface area contributed by atoms with E-state index in [0.717, 1.165) is 11.3 Å². The van der Waals surface area contributed by atoms with Gasteiger partial charge in [-0.3, -0.25) is 9.89 Å². The van der Waals surface area contributed by atoms with Gasteiger partial charge in [0, 0.05) is 5.56 Å². The Balaban J connectivity index is 1.61. The molecule has 3 rings (SSSR count). The number of nitrogens with zero attached hydrogens (tertiary/aromatic N) is 2. The van der Waals surface area contributed by atoms with Crippen molar-refractivity contribution in [1.29, 1.82) is 0 Å². The molecule has 0 spiro atoms. The predicted octanol–water partition coefficient (Wildman–Crippen LogP) is 2.26. The molecule has 6 nitrogen and oxygen atoms in total. The largest absolute Gasteiger partial charge is 0.378 e. The monoisotopic (exact) mass is 320 g/mol. The number of carbonyl (C=O) groups is 1. The van der Waals surface area contributed by atoms with Crippen LogP contribution >= 0.6 is 0 Å². The molecule has 0 saturated heterocycles. The fraction of sp³-hybridized carbons (Fsp3) is 0.0556. The number of amides is 1. The minimum absolute atomic E-state index is 0.512. The van der Waals surface area contributed by atoms with Crippen LogP contribution < -0.4 is 5.43 Å². The zero-order valence-electron chi connectivity index (χ0n) is 12.8. The van der Waals surface area contributed by atoms with Gasteiger partial charge in [0.25, 0.3) is 5.91 Å². The molecular weight excluding hydrogens is 304 g/mol. The normalized spacial score (nSPS) is 12.2. The summed E-state index contributed by atoms with van der Waals surface area (Å²) in [5, 5.41) is 20.8. The van der Waals surface area contributed by atoms with E-state index in [1.807, 2.05) is 42.5 Å². The van der Waals surface area contributed by atoms with Gasteiger partial charge in [-0.15, -0.1) is 0 Å². The Morgan fingerprint density at radius 3 is 2.50 bits per heavy atom. The molecule has 1 amide bonds. The zero-order valence-corrected chi connectivity index (χ0v) is 12.8. The Morgan fingerprint density at radius 2 is 1.79 bits per heavy atom. The molecule has 0 bridgehead atoms. The minimum atomic E-state index is -1.26. The predicted molar refractivity (Wildman–Crippen MR) is 91.2 cm³/mol. The van der Waals surface area contributed by atoms with Crippen molar-refractivity contribution in [3.8, 4) is 11.3 Å². The molecule has 1 aromatic heterocycles. The van der Waals surface area contributed by atoms with Crippen molar-refractivity contribution in [1.82, 2.24) is 15.6 Å². The van der Waals surface area contributed by atoms with Gasteiger partial charge in [-0.1, -0.05) is 60.7 Å². The van der Waals surface area contributed by atoms with Crippen LogP contribution in [-0.4, -0.2) is 27.4 Å². The van der Waals surface area contributed by atoms with Gasteiger partial charge in [-0.2, -0.15) is 10.2 Å². The van der Waals surface area contributed by atoms with E-state index in [2.05, 4.69) is 20.7 Å². The van der Waals surface area contributed by atoms with Crippen molar-refractivity contribution in [2.24, 2.45) is 5.10 Å². The van der Waals surface area contributed by atoms with E-state index in [4.69, 9.17) is 0 Å². The van der Waals surface area contributed by atoms with Crippen LogP contribution in [0.1, 0.15) is 17.4 Å². The Kier molecular flexibility index (Phi) is 4.78. The van der Waals surface area contributed by atoms with Crippen LogP contribution in [0.25, 0.3) is 11.3 Å². The quantitative estimate of drug-likeness (QED) is 0.497. The van der Waals surface area contributed by atoms with Gasteiger partial charge in [0.05, 0.1) is 17.6 Å². The Bertz CT molecular complexity index is 828. The van der Waals surface area contributed by atoms with E-state index in [9.17, 15) is 9.90 Å². The number of rotatable bonds is 5. The van der Waals surface area contributed by atoms with Gasteiger partial charge < -0.3 is 5.11 Å². The van der Waals surface area contributed by atoms with Gasteiger partial charge >= 0.3 is 0 Å². The lowest BCUT2D eigenvalue weighted by molar-refractivity contribution is -0.129. The molecule has 0 radical (unpaired) electrons. The lowest BCUT2D eigenvalue weighted by atomic mass is 10.1. The summed E-state index contributed by atoms with van der Waals surface area (Å²) in [6.45, 7) is 0. The molecule has 3 N–H and O–H groups in total. The van der Waals surface area contributed by atoms with Crippen LogP contribution in [0, 0.1) is 0 Å². The summed E-state index contributed by atoms with van der Waals surface area (Å²) in [5.41, 5.74) is 5.23. The van der Waals surface area contributed by atoms with Crippen LogP contribution in [0.5, 0.6) is 0 Å². The highest BCUT2D eigenvalue weighted by Gasteiger charge is 2.15. The maximum atomic E-state index is 11.9. The van der Waals surface area contributed by atoms with Gasteiger partial charge in [0.1, 0.15) is 0 Å². The zero-order chi connectivity index (χ0) is 16.8. The molecule has 1 unspecified atom stereocenters. The van der Waals surface area contributed by atoms with Gasteiger partial charge in [-0.05, 0) is 11.6 Å². The number of aromatic nitrogens is 2. The number of aliphatic hydroxyl groups excluding tert-OH is 1. The second-order valence-electron chi connectivity index (χ2n) is 5.12. The lowest BCUT2D eigenvalue weighted by Crippen LogP contribution is -2.25. The number of hydrogen-bond acceptors (Lipinski definition) is 4. The van der Waals surface area contributed by atoms with E-state index in [0.29, 0.717) is 11.3 Å². The number of carbonyl (C=O) groups excluding carboxylic acids is 1. The second-order valence-corrected chi connectivity index (χ2v) is 5.12. The molecule has 0 fully saturated rings. The summed E-state index contributed by atoms with van der Waals surface area (Å²) in [6.07, 6.45) is 0.180. The number of H-pyrrole nitrogens is 1. The molecule has 3 aromatic rings. The third kappa shape index (κ3) is 3.74. The number of benzene rings is 2. The van der Waals surface area contributed by atoms with Gasteiger partial charge in [0.15, 0.2) is 6.10 Å². The maximum Gasteiger partial charge on any atom is 0.273 e. The topological polar surface area (TPSA) is 90.4 Å². The molecular formula is C18H16N4O2. The first-order valence-electron chi connectivity index (χ1n) is 7.41. The fourth-order valence-electron chi connectivity index (χ4n) is 2.17. The first-order valence-corrected chi connectivity index (χ1v) is 7.41. The van der Waals surface area contributed by atoms with Crippen LogP contribution in [0.2, 0.25) is 0 Å². The van der Waals surface area contributed by atoms with Crippen molar-refractivity contribution >= 4 is 12.1 Å². The summed E-state index contributed by atoms with van der Waals surface area (Å²) in [5.74, 6) is -0.597. The van der Waals surface area contributed by atoms with E-state index in [-0.39, 0.29) is 0 Å². The highest BCUT2D eigenvalue weighted by atomic mass is 16.3. The van der Waals surface area contributed by atoms with Crippen molar-refractivity contribution in [3.63, 3.8) is 0 Å². The first-order chi connectivity index (χ1) is 11.7. The van der Waals surface area contributed by atoms with E-state index in [1.165, 1.54) is 6.21 Å². The van der Waals surface area contributed by atoms with Crippen LogP contribution in [0.4, 0.5) is 0 Å². The number of hydrazone groups is 1. The number of aromatic amines is 1. The molecule has 2 aromatic carbocycles. The molecule has 0 saturated carbocycles. The van der Waals surface area contributed by atoms with Crippen molar-refractivity contribution in [2.45, 2.75) is 6.10 Å². The van der Waals surface area contributed by atoms with Crippen molar-refractivity contribution < 1.29 is 9.90 Å². The van der Waals surface area contributed by atoms with Gasteiger partial charge in [-0.25, -0.2) is 5.43 Å². The third-order valence-electron chi connectivity index (χ3n) is 3.41. The van der Waals surface area contributed by atoms with Crippen LogP contribution in [0.15, 0.2) is 71.8 Å². The maximum absolute atomic E-state index is 11.9. The number of nitrogens with one attached hydrogen (secondary N) is 2. The summed E-state index contributed by atoms with van der Waals surface area (Å²) >= 11 is 0. The van der Waals surface area contributed by atoms with E-state index < -0.39 is 12.0 Å². The van der Waals surface area contributed by atoms with E-state index in [1.54, 1.807) is 24.3 Å².